The summed E-state index contributed by atoms with van der Waals surface area (Å²) in [5.41, 5.74) is 3.59. The van der Waals surface area contributed by atoms with E-state index in [1.165, 1.54) is 4.31 Å². The molecule has 1 aromatic heterocycles. The zero-order chi connectivity index (χ0) is 20.9. The van der Waals surface area contributed by atoms with Crippen molar-refractivity contribution < 1.29 is 17.7 Å². The molecule has 0 N–H and O–H groups in total. The molecular weight excluding hydrogens is 426 g/mol. The topological polar surface area (TPSA) is 75.9 Å². The number of rotatable bonds is 3. The van der Waals surface area contributed by atoms with Gasteiger partial charge in [-0.05, 0) is 42.8 Å². The summed E-state index contributed by atoms with van der Waals surface area (Å²) in [5.74, 6) is 1.16. The first kappa shape index (κ1) is 19.4. The van der Waals surface area contributed by atoms with Crippen molar-refractivity contribution >= 4 is 27.3 Å². The van der Waals surface area contributed by atoms with Crippen LogP contribution in [0.3, 0.4) is 0 Å². The van der Waals surface area contributed by atoms with Crippen LogP contribution in [0.25, 0.3) is 11.3 Å². The molecule has 0 spiro atoms. The van der Waals surface area contributed by atoms with Gasteiger partial charge in [0.25, 0.3) is 0 Å². The molecule has 0 radical (unpaired) electrons. The number of hydrogen-bond acceptors (Lipinski definition) is 6. The summed E-state index contributed by atoms with van der Waals surface area (Å²) in [4.78, 5) is 2.40. The van der Waals surface area contributed by atoms with Gasteiger partial charge in [0.2, 0.25) is 10.0 Å². The van der Waals surface area contributed by atoms with Crippen LogP contribution in [0.1, 0.15) is 11.1 Å². The first-order valence-electron chi connectivity index (χ1n) is 9.65. The number of benzene rings is 2. The quantitative estimate of drug-likeness (QED) is 0.611. The summed E-state index contributed by atoms with van der Waals surface area (Å²) < 4.78 is 39.1. The van der Waals surface area contributed by atoms with Gasteiger partial charge in [-0.3, -0.25) is 0 Å². The number of anilines is 1. The van der Waals surface area contributed by atoms with E-state index < -0.39 is 10.0 Å². The monoisotopic (exact) mass is 445 g/mol. The van der Waals surface area contributed by atoms with Crippen LogP contribution in [-0.2, 0) is 16.6 Å². The van der Waals surface area contributed by atoms with Crippen LogP contribution < -0.4 is 9.64 Å². The highest BCUT2D eigenvalue weighted by Crippen LogP contribution is 2.39. The van der Waals surface area contributed by atoms with Crippen molar-refractivity contribution in [1.29, 1.82) is 0 Å². The number of ether oxygens (including phenoxy) is 1. The third kappa shape index (κ3) is 3.25. The van der Waals surface area contributed by atoms with Gasteiger partial charge in [-0.25, -0.2) is 8.42 Å². The van der Waals surface area contributed by atoms with Crippen molar-refractivity contribution in [2.45, 2.75) is 18.4 Å². The van der Waals surface area contributed by atoms with Gasteiger partial charge in [0.15, 0.2) is 5.76 Å². The number of nitrogens with zero attached hydrogens (tertiary/aromatic N) is 3. The molecule has 156 valence electrons. The Morgan fingerprint density at radius 1 is 1.07 bits per heavy atom. The minimum Gasteiger partial charge on any atom is -0.488 e. The Kier molecular flexibility index (Phi) is 4.72. The molecule has 7 nitrogen and oxygen atoms in total. The van der Waals surface area contributed by atoms with Crippen molar-refractivity contribution in [3.8, 4) is 17.1 Å². The van der Waals surface area contributed by atoms with Crippen LogP contribution >= 0.6 is 11.6 Å². The molecule has 9 heteroatoms. The molecule has 5 rings (SSSR count). The van der Waals surface area contributed by atoms with Crippen LogP contribution in [-0.4, -0.2) is 44.1 Å². The number of fused-ring (bicyclic) bond motifs is 3. The third-order valence-corrected chi connectivity index (χ3v) is 7.74. The predicted octanol–water partition coefficient (Wildman–Crippen LogP) is 3.71. The zero-order valence-corrected chi connectivity index (χ0v) is 17.9. The van der Waals surface area contributed by atoms with Gasteiger partial charge in [0, 0.05) is 36.9 Å². The molecule has 0 amide bonds. The molecule has 1 fully saturated rings. The Hall–Kier alpha value is -2.55. The molecule has 0 atom stereocenters. The van der Waals surface area contributed by atoms with Crippen LogP contribution in [0.4, 0.5) is 5.69 Å². The van der Waals surface area contributed by atoms with Crippen LogP contribution in [0.15, 0.2) is 52.0 Å². The molecule has 2 aliphatic heterocycles. The fraction of sp³-hybridized carbons (Fsp3) is 0.286. The maximum absolute atomic E-state index is 13.3. The lowest BCUT2D eigenvalue weighted by atomic mass is 10.1. The molecule has 0 unspecified atom stereocenters. The molecule has 0 bridgehead atoms. The molecule has 1 saturated heterocycles. The second-order valence-electron chi connectivity index (χ2n) is 7.45. The first-order valence-corrected chi connectivity index (χ1v) is 11.5. The van der Waals surface area contributed by atoms with Gasteiger partial charge in [-0.1, -0.05) is 22.8 Å². The summed E-state index contributed by atoms with van der Waals surface area (Å²) in [6, 6.07) is 10.7. The molecule has 2 aliphatic rings. The molecule has 0 saturated carbocycles. The third-order valence-electron chi connectivity index (χ3n) is 5.61. The number of sulfonamides is 1. The molecular formula is C21H20ClN3O4S. The highest BCUT2D eigenvalue weighted by Gasteiger charge is 2.31. The van der Waals surface area contributed by atoms with Crippen molar-refractivity contribution in [3.63, 3.8) is 0 Å². The average Bonchev–Trinajstić information content (AvgIpc) is 3.24. The molecule has 30 heavy (non-hydrogen) atoms. The number of aryl methyl sites for hydroxylation is 1. The van der Waals surface area contributed by atoms with E-state index in [1.807, 2.05) is 25.1 Å². The van der Waals surface area contributed by atoms with Crippen LogP contribution in [0.5, 0.6) is 5.75 Å². The fourth-order valence-corrected chi connectivity index (χ4v) is 5.57. The Morgan fingerprint density at radius 3 is 2.67 bits per heavy atom. The highest BCUT2D eigenvalue weighted by atomic mass is 35.5. The van der Waals surface area contributed by atoms with Crippen LogP contribution in [0.2, 0.25) is 5.02 Å². The summed E-state index contributed by atoms with van der Waals surface area (Å²) >= 11 is 6.15. The van der Waals surface area contributed by atoms with E-state index in [2.05, 4.69) is 10.1 Å². The highest BCUT2D eigenvalue weighted by molar-refractivity contribution is 7.89. The van der Waals surface area contributed by atoms with Gasteiger partial charge in [0.1, 0.15) is 12.4 Å². The number of hydrogen-bond donors (Lipinski definition) is 0. The Bertz CT molecular complexity index is 1220. The maximum atomic E-state index is 13.3. The predicted molar refractivity (Wildman–Crippen MR) is 113 cm³/mol. The number of aromatic nitrogens is 1. The minimum absolute atomic E-state index is 0.224. The lowest BCUT2D eigenvalue weighted by molar-refractivity contribution is 0.297. The van der Waals surface area contributed by atoms with Crippen molar-refractivity contribution in [3.05, 3.63) is 58.7 Å². The molecule has 3 aromatic rings. The van der Waals surface area contributed by atoms with Gasteiger partial charge in [-0.15, -0.1) is 0 Å². The molecule has 3 heterocycles. The van der Waals surface area contributed by atoms with Crippen LogP contribution in [0, 0.1) is 6.92 Å². The molecule has 0 aliphatic carbocycles. The Labute approximate surface area is 179 Å². The zero-order valence-electron chi connectivity index (χ0n) is 16.3. The van der Waals surface area contributed by atoms with Crippen molar-refractivity contribution in [2.24, 2.45) is 0 Å². The lowest BCUT2D eigenvalue weighted by Crippen LogP contribution is -2.48. The number of halogens is 1. The normalized spacial score (nSPS) is 16.7. The lowest BCUT2D eigenvalue weighted by Gasteiger charge is -2.36. The van der Waals surface area contributed by atoms with E-state index in [0.717, 1.165) is 16.8 Å². The first-order chi connectivity index (χ1) is 14.4. The second-order valence-corrected chi connectivity index (χ2v) is 9.82. The second kappa shape index (κ2) is 7.30. The summed E-state index contributed by atoms with van der Waals surface area (Å²) in [6.45, 7) is 4.39. The van der Waals surface area contributed by atoms with E-state index in [4.69, 9.17) is 20.9 Å². The van der Waals surface area contributed by atoms with Gasteiger partial charge in [-0.2, -0.15) is 4.31 Å². The van der Waals surface area contributed by atoms with Crippen molar-refractivity contribution in [2.75, 3.05) is 31.1 Å². The minimum atomic E-state index is -3.64. The van der Waals surface area contributed by atoms with E-state index in [9.17, 15) is 8.42 Å². The Morgan fingerprint density at radius 2 is 1.87 bits per heavy atom. The summed E-state index contributed by atoms with van der Waals surface area (Å²) in [6.07, 6.45) is 1.59. The van der Waals surface area contributed by atoms with E-state index in [-0.39, 0.29) is 4.90 Å². The standard InChI is InChI=1S/C21H20ClN3O4S/c1-14-2-3-16(22)10-19(14)24-6-8-25(9-7-24)30(26,27)17-4-5-20-18(11-17)21-15(13-28-20)12-23-29-21/h2-5,10-12H,6-9,13H2,1H3. The van der Waals surface area contributed by atoms with Gasteiger partial charge >= 0.3 is 0 Å². The maximum Gasteiger partial charge on any atom is 0.243 e. The Balaban J connectivity index is 1.38. The summed E-state index contributed by atoms with van der Waals surface area (Å²) in [5, 5.41) is 4.48. The largest absolute Gasteiger partial charge is 0.488 e. The van der Waals surface area contributed by atoms with Gasteiger partial charge in [0.05, 0.1) is 22.2 Å². The smallest absolute Gasteiger partial charge is 0.243 e. The fourth-order valence-electron chi connectivity index (χ4n) is 3.95. The van der Waals surface area contributed by atoms with Crippen molar-refractivity contribution in [1.82, 2.24) is 9.46 Å². The van der Waals surface area contributed by atoms with E-state index in [1.54, 1.807) is 24.4 Å². The SMILES string of the molecule is Cc1ccc(Cl)cc1N1CCN(S(=O)(=O)c2ccc3c(c2)-c2oncc2CO3)CC1. The van der Waals surface area contributed by atoms with E-state index in [0.29, 0.717) is 54.9 Å². The van der Waals surface area contributed by atoms with Gasteiger partial charge < -0.3 is 14.2 Å². The number of piperazine rings is 1. The average molecular weight is 446 g/mol. The summed E-state index contributed by atoms with van der Waals surface area (Å²) in [7, 11) is -3.64. The van der Waals surface area contributed by atoms with E-state index >= 15 is 0 Å². The molecule has 2 aromatic carbocycles.